The van der Waals surface area contributed by atoms with Gasteiger partial charge in [-0.05, 0) is 0 Å². The van der Waals surface area contributed by atoms with E-state index in [9.17, 15) is 9.59 Å². The third-order valence-electron chi connectivity index (χ3n) is 0.850. The van der Waals surface area contributed by atoms with Crippen molar-refractivity contribution in [3.05, 3.63) is 11.3 Å². The van der Waals surface area contributed by atoms with Crippen LogP contribution in [0.1, 0.15) is 0 Å². The van der Waals surface area contributed by atoms with Crippen LogP contribution in [0.25, 0.3) is 0 Å². The van der Waals surface area contributed by atoms with Crippen LogP contribution in [0.2, 0.25) is 0 Å². The minimum atomic E-state index is -0.528. The molecule has 1 heterocycles. The van der Waals surface area contributed by atoms with E-state index in [-0.39, 0.29) is 0 Å². The van der Waals surface area contributed by atoms with E-state index in [2.05, 4.69) is 4.74 Å². The Morgan fingerprint density at radius 1 is 1.50 bits per heavy atom. The van der Waals surface area contributed by atoms with Gasteiger partial charge in [0.05, 0.1) is 0 Å². The van der Waals surface area contributed by atoms with Crippen LogP contribution in [-0.4, -0.2) is 22.2 Å². The molecule has 0 atom stereocenters. The van der Waals surface area contributed by atoms with Crippen LogP contribution in [0.4, 0.5) is 0 Å². The normalized spacial score (nSPS) is 18.8. The first kappa shape index (κ1) is 5.24. The molecule has 0 aromatic heterocycles. The summed E-state index contributed by atoms with van der Waals surface area (Å²) < 4.78 is 4.14. The highest BCUT2D eigenvalue weighted by molar-refractivity contribution is 6.39. The average molecular weight is 128 g/mol. The first-order valence-corrected chi connectivity index (χ1v) is 3.14. The Hall–Kier alpha value is -0.903. The summed E-state index contributed by atoms with van der Waals surface area (Å²) in [5, 5.41) is 0.509. The zero-order valence-electron chi connectivity index (χ0n) is 4.30. The van der Waals surface area contributed by atoms with Crippen molar-refractivity contribution >= 4 is 22.2 Å². The third-order valence-corrected chi connectivity index (χ3v) is 1.55. The van der Waals surface area contributed by atoms with Gasteiger partial charge in [0.2, 0.25) is 0 Å². The summed E-state index contributed by atoms with van der Waals surface area (Å²) in [4.78, 5) is 20.5. The topological polar surface area (TPSA) is 43.4 Å². The summed E-state index contributed by atoms with van der Waals surface area (Å²) in [5.41, 5.74) is 0. The standard InChI is InChI=1S/C4H4O3Si/c5-3-1-2(8)4(6)7-3/h1H,8H3. The van der Waals surface area contributed by atoms with Crippen molar-refractivity contribution in [2.24, 2.45) is 0 Å². The molecule has 1 rings (SSSR count). The van der Waals surface area contributed by atoms with Gasteiger partial charge >= 0.3 is 11.9 Å². The number of carbonyl (C=O) groups is 2. The molecule has 0 saturated heterocycles. The molecule has 1 aliphatic heterocycles. The van der Waals surface area contributed by atoms with Gasteiger partial charge < -0.3 is 4.74 Å². The van der Waals surface area contributed by atoms with Crippen LogP contribution in [0.15, 0.2) is 11.3 Å². The van der Waals surface area contributed by atoms with Gasteiger partial charge in [-0.15, -0.1) is 0 Å². The molecule has 42 valence electrons. The summed E-state index contributed by atoms with van der Waals surface area (Å²) in [6.07, 6.45) is 1.23. The minimum Gasteiger partial charge on any atom is -0.387 e. The van der Waals surface area contributed by atoms with Crippen LogP contribution in [0.5, 0.6) is 0 Å². The molecule has 0 spiro atoms. The fourth-order valence-electron chi connectivity index (χ4n) is 0.437. The maximum absolute atomic E-state index is 10.3. The number of hydrogen-bond acceptors (Lipinski definition) is 3. The van der Waals surface area contributed by atoms with E-state index < -0.39 is 11.9 Å². The Balaban J connectivity index is 2.88. The fourth-order valence-corrected chi connectivity index (χ4v) is 0.775. The number of hydrogen-bond donors (Lipinski definition) is 0. The molecule has 1 aliphatic rings. The van der Waals surface area contributed by atoms with Gasteiger partial charge in [0.25, 0.3) is 0 Å². The van der Waals surface area contributed by atoms with E-state index in [0.717, 1.165) is 0 Å². The smallest absolute Gasteiger partial charge is 0.338 e. The lowest BCUT2D eigenvalue weighted by Gasteiger charge is -1.83. The predicted octanol–water partition coefficient (Wildman–Crippen LogP) is -1.68. The second-order valence-corrected chi connectivity index (χ2v) is 2.61. The molecule has 0 unspecified atom stereocenters. The van der Waals surface area contributed by atoms with Crippen molar-refractivity contribution in [1.82, 2.24) is 0 Å². The van der Waals surface area contributed by atoms with E-state index in [0.29, 0.717) is 15.4 Å². The summed E-state index contributed by atoms with van der Waals surface area (Å²) in [5.74, 6) is -0.998. The van der Waals surface area contributed by atoms with Gasteiger partial charge in [-0.1, -0.05) is 0 Å². The number of ether oxygens (including phenoxy) is 1. The highest BCUT2D eigenvalue weighted by Crippen LogP contribution is 2.01. The van der Waals surface area contributed by atoms with Crippen molar-refractivity contribution in [1.29, 1.82) is 0 Å². The first-order chi connectivity index (χ1) is 3.70. The average Bonchev–Trinajstić information content (AvgIpc) is 1.85. The summed E-state index contributed by atoms with van der Waals surface area (Å²) >= 11 is 0. The van der Waals surface area contributed by atoms with E-state index >= 15 is 0 Å². The highest BCUT2D eigenvalue weighted by atomic mass is 28.1. The van der Waals surface area contributed by atoms with Gasteiger partial charge in [-0.25, -0.2) is 9.59 Å². The van der Waals surface area contributed by atoms with Crippen LogP contribution < -0.4 is 0 Å². The van der Waals surface area contributed by atoms with Crippen LogP contribution in [-0.2, 0) is 14.3 Å². The zero-order valence-corrected chi connectivity index (χ0v) is 6.30. The zero-order chi connectivity index (χ0) is 6.15. The van der Waals surface area contributed by atoms with Crippen molar-refractivity contribution in [2.45, 2.75) is 0 Å². The molecule has 0 aromatic carbocycles. The quantitative estimate of drug-likeness (QED) is 0.222. The van der Waals surface area contributed by atoms with Crippen LogP contribution >= 0.6 is 0 Å². The molecular weight excluding hydrogens is 124 g/mol. The minimum absolute atomic E-state index is 0.471. The second-order valence-electron chi connectivity index (χ2n) is 1.54. The molecule has 0 radical (unpaired) electrons. The second kappa shape index (κ2) is 1.55. The number of cyclic esters (lactones) is 2. The molecule has 0 saturated carbocycles. The summed E-state index contributed by atoms with van der Waals surface area (Å²) in [7, 11) is 0.591. The third kappa shape index (κ3) is 0.695. The van der Waals surface area contributed by atoms with E-state index in [1.807, 2.05) is 0 Å². The molecule has 0 aromatic rings. The molecular formula is C4H4O3Si. The Morgan fingerprint density at radius 2 is 2.12 bits per heavy atom. The van der Waals surface area contributed by atoms with Gasteiger partial charge in [0, 0.05) is 21.5 Å². The molecule has 0 N–H and O–H groups in total. The van der Waals surface area contributed by atoms with Gasteiger partial charge in [-0.2, -0.15) is 0 Å². The maximum Gasteiger partial charge on any atom is 0.338 e. The molecule has 4 heteroatoms. The van der Waals surface area contributed by atoms with Gasteiger partial charge in [0.1, 0.15) is 0 Å². The lowest BCUT2D eigenvalue weighted by Crippen LogP contribution is -2.00. The number of carbonyl (C=O) groups excluding carboxylic acids is 2. The van der Waals surface area contributed by atoms with E-state index in [1.165, 1.54) is 6.08 Å². The molecule has 0 bridgehead atoms. The molecule has 3 nitrogen and oxygen atoms in total. The highest BCUT2D eigenvalue weighted by Gasteiger charge is 2.18. The van der Waals surface area contributed by atoms with E-state index in [4.69, 9.17) is 0 Å². The fraction of sp³-hybridized carbons (Fsp3) is 0. The molecule has 0 fully saturated rings. The summed E-state index contributed by atoms with van der Waals surface area (Å²) in [6.45, 7) is 0. The van der Waals surface area contributed by atoms with E-state index in [1.54, 1.807) is 0 Å². The molecule has 0 aliphatic carbocycles. The number of esters is 2. The van der Waals surface area contributed by atoms with Crippen molar-refractivity contribution in [3.8, 4) is 0 Å². The predicted molar refractivity (Wildman–Crippen MR) is 29.1 cm³/mol. The lowest BCUT2D eigenvalue weighted by atomic mass is 10.5. The van der Waals surface area contributed by atoms with Crippen LogP contribution in [0, 0.1) is 0 Å². The Labute approximate surface area is 48.7 Å². The van der Waals surface area contributed by atoms with Crippen LogP contribution in [0.3, 0.4) is 0 Å². The number of rotatable bonds is 0. The largest absolute Gasteiger partial charge is 0.387 e. The Kier molecular flexibility index (Phi) is 1.02. The van der Waals surface area contributed by atoms with Crippen molar-refractivity contribution in [3.63, 3.8) is 0 Å². The SMILES string of the molecule is O=C1C=C([SiH3])C(=O)O1. The Morgan fingerprint density at radius 3 is 2.25 bits per heavy atom. The van der Waals surface area contributed by atoms with Crippen molar-refractivity contribution in [2.75, 3.05) is 0 Å². The first-order valence-electron chi connectivity index (χ1n) is 2.14. The van der Waals surface area contributed by atoms with Gasteiger partial charge in [0.15, 0.2) is 0 Å². The van der Waals surface area contributed by atoms with Gasteiger partial charge in [-0.3, -0.25) is 0 Å². The monoisotopic (exact) mass is 128 g/mol. The van der Waals surface area contributed by atoms with Crippen molar-refractivity contribution < 1.29 is 14.3 Å². The molecule has 0 amide bonds. The summed E-state index contributed by atoms with van der Waals surface area (Å²) in [6, 6.07) is 0. The maximum atomic E-state index is 10.3. The molecule has 8 heavy (non-hydrogen) atoms. The Bertz CT molecular complexity index is 182. The lowest BCUT2D eigenvalue weighted by molar-refractivity contribution is -0.150.